The Balaban J connectivity index is 2.21. The highest BCUT2D eigenvalue weighted by atomic mass is 16.7. The van der Waals surface area contributed by atoms with Crippen molar-refractivity contribution in [1.29, 1.82) is 0 Å². The summed E-state index contributed by atoms with van der Waals surface area (Å²) in [7, 11) is 1.63. The van der Waals surface area contributed by atoms with Gasteiger partial charge in [0.2, 0.25) is 6.29 Å². The van der Waals surface area contributed by atoms with Gasteiger partial charge in [0.15, 0.2) is 6.10 Å². The molecule has 0 saturated carbocycles. The van der Waals surface area contributed by atoms with Gasteiger partial charge in [-0.2, -0.15) is 0 Å². The lowest BCUT2D eigenvalue weighted by Gasteiger charge is -2.38. The lowest BCUT2D eigenvalue weighted by Crippen LogP contribution is -2.61. The van der Waals surface area contributed by atoms with E-state index in [2.05, 4.69) is 10.2 Å². The van der Waals surface area contributed by atoms with Gasteiger partial charge in [0.1, 0.15) is 24.1 Å². The predicted molar refractivity (Wildman–Crippen MR) is 79.9 cm³/mol. The minimum atomic E-state index is -1.77. The van der Waals surface area contributed by atoms with Gasteiger partial charge in [0.25, 0.3) is 0 Å². The average Bonchev–Trinajstić information content (AvgIpc) is 2.56. The first-order valence-corrected chi connectivity index (χ1v) is 7.10. The van der Waals surface area contributed by atoms with Gasteiger partial charge in [0, 0.05) is 7.05 Å². The predicted octanol–water partition coefficient (Wildman–Crippen LogP) is -1.61. The highest BCUT2D eigenvalue weighted by Crippen LogP contribution is 2.30. The monoisotopic (exact) mass is 344 g/mol. The van der Waals surface area contributed by atoms with Gasteiger partial charge in [0.05, 0.1) is 12.3 Å². The van der Waals surface area contributed by atoms with Gasteiger partial charge in [-0.25, -0.2) is 10.7 Å². The van der Waals surface area contributed by atoms with Crippen molar-refractivity contribution in [2.45, 2.75) is 37.3 Å². The SMILES string of the molecule is CNc1cc(CON)ccc1O[C@@H]1O[C@H](C(=O)O)[C@@H](O)[C@H](O)[C@H]1O. The number of nitrogens with one attached hydrogen (secondary N) is 1. The molecular weight excluding hydrogens is 324 g/mol. The Morgan fingerprint density at radius 2 is 2.00 bits per heavy atom. The van der Waals surface area contributed by atoms with Crippen LogP contribution in [0.1, 0.15) is 5.56 Å². The van der Waals surface area contributed by atoms with Gasteiger partial charge < -0.3 is 35.2 Å². The first kappa shape index (κ1) is 18.4. The number of aliphatic hydroxyl groups excluding tert-OH is 3. The highest BCUT2D eigenvalue weighted by molar-refractivity contribution is 5.73. The molecule has 0 bridgehead atoms. The van der Waals surface area contributed by atoms with Crippen LogP contribution in [0.4, 0.5) is 5.69 Å². The van der Waals surface area contributed by atoms with Crippen molar-refractivity contribution in [2.24, 2.45) is 5.90 Å². The molecule has 0 aliphatic carbocycles. The molecule has 1 aliphatic heterocycles. The largest absolute Gasteiger partial charge is 0.479 e. The van der Waals surface area contributed by atoms with Crippen molar-refractivity contribution in [3.63, 3.8) is 0 Å². The maximum atomic E-state index is 11.1. The van der Waals surface area contributed by atoms with E-state index in [0.29, 0.717) is 5.69 Å². The van der Waals surface area contributed by atoms with E-state index in [1.165, 1.54) is 0 Å². The summed E-state index contributed by atoms with van der Waals surface area (Å²) < 4.78 is 10.6. The van der Waals surface area contributed by atoms with Gasteiger partial charge >= 0.3 is 5.97 Å². The van der Waals surface area contributed by atoms with E-state index in [4.69, 9.17) is 20.5 Å². The lowest BCUT2D eigenvalue weighted by atomic mass is 9.99. The van der Waals surface area contributed by atoms with E-state index in [1.807, 2.05) is 0 Å². The molecule has 24 heavy (non-hydrogen) atoms. The van der Waals surface area contributed by atoms with Crippen LogP contribution in [0.15, 0.2) is 18.2 Å². The Hall–Kier alpha value is -1.95. The molecule has 1 saturated heterocycles. The van der Waals surface area contributed by atoms with Crippen LogP contribution in [0.2, 0.25) is 0 Å². The minimum Gasteiger partial charge on any atom is -0.479 e. The zero-order valence-corrected chi connectivity index (χ0v) is 12.8. The molecule has 0 amide bonds. The molecule has 134 valence electrons. The van der Waals surface area contributed by atoms with E-state index < -0.39 is 36.7 Å². The van der Waals surface area contributed by atoms with Crippen molar-refractivity contribution in [3.8, 4) is 5.75 Å². The molecule has 1 aromatic rings. The summed E-state index contributed by atoms with van der Waals surface area (Å²) in [6.07, 6.45) is -8.34. The van der Waals surface area contributed by atoms with Crippen LogP contribution in [0.3, 0.4) is 0 Å². The summed E-state index contributed by atoms with van der Waals surface area (Å²) in [6.45, 7) is 0.170. The quantitative estimate of drug-likeness (QED) is 0.331. The van der Waals surface area contributed by atoms with Crippen molar-refractivity contribution in [1.82, 2.24) is 0 Å². The molecule has 7 N–H and O–H groups in total. The van der Waals surface area contributed by atoms with Crippen molar-refractivity contribution < 1.29 is 39.5 Å². The number of aliphatic carboxylic acids is 1. The third-order valence-electron chi connectivity index (χ3n) is 3.62. The number of carbonyl (C=O) groups is 1. The third-order valence-corrected chi connectivity index (χ3v) is 3.62. The Morgan fingerprint density at radius 3 is 2.58 bits per heavy atom. The molecule has 1 aromatic carbocycles. The van der Waals surface area contributed by atoms with E-state index in [-0.39, 0.29) is 12.4 Å². The molecular formula is C14H20N2O8. The summed E-state index contributed by atoms with van der Waals surface area (Å²) in [5, 5.41) is 41.3. The van der Waals surface area contributed by atoms with Crippen LogP contribution < -0.4 is 16.0 Å². The summed E-state index contributed by atoms with van der Waals surface area (Å²) >= 11 is 0. The van der Waals surface area contributed by atoms with E-state index >= 15 is 0 Å². The van der Waals surface area contributed by atoms with Gasteiger partial charge in [-0.15, -0.1) is 0 Å². The van der Waals surface area contributed by atoms with E-state index in [0.717, 1.165) is 5.56 Å². The number of rotatable bonds is 6. The molecule has 0 unspecified atom stereocenters. The average molecular weight is 344 g/mol. The molecule has 2 rings (SSSR count). The Labute approximate surface area is 137 Å². The number of hydrogen-bond acceptors (Lipinski definition) is 9. The summed E-state index contributed by atoms with van der Waals surface area (Å²) in [6, 6.07) is 4.87. The fourth-order valence-corrected chi connectivity index (χ4v) is 2.34. The number of aliphatic hydroxyl groups is 3. The molecule has 1 fully saturated rings. The van der Waals surface area contributed by atoms with E-state index in [1.54, 1.807) is 25.2 Å². The standard InChI is InChI=1S/C14H20N2O8/c1-16-7-4-6(5-22-15)2-3-8(7)23-14-11(19)9(17)10(18)12(24-14)13(20)21/h2-4,9-12,14,16-19H,5,15H2,1H3,(H,20,21)/t9-,10-,11+,12-,14+/m0/s1. The maximum absolute atomic E-state index is 11.1. The molecule has 1 aliphatic rings. The van der Waals surface area contributed by atoms with Crippen LogP contribution >= 0.6 is 0 Å². The van der Waals surface area contributed by atoms with Crippen molar-refractivity contribution >= 4 is 11.7 Å². The first-order chi connectivity index (χ1) is 11.4. The number of nitrogens with two attached hydrogens (primary N) is 1. The molecule has 0 radical (unpaired) electrons. The number of hydrogen-bond donors (Lipinski definition) is 6. The van der Waals surface area contributed by atoms with Gasteiger partial charge in [-0.3, -0.25) is 4.84 Å². The van der Waals surface area contributed by atoms with Crippen LogP contribution in [-0.4, -0.2) is 64.1 Å². The second-order valence-corrected chi connectivity index (χ2v) is 5.24. The second kappa shape index (κ2) is 7.75. The van der Waals surface area contributed by atoms with Crippen LogP contribution in [0.5, 0.6) is 5.75 Å². The lowest BCUT2D eigenvalue weighted by molar-refractivity contribution is -0.271. The minimum absolute atomic E-state index is 0.170. The second-order valence-electron chi connectivity index (χ2n) is 5.24. The number of anilines is 1. The summed E-state index contributed by atoms with van der Waals surface area (Å²) in [5.41, 5.74) is 1.26. The van der Waals surface area contributed by atoms with Gasteiger partial charge in [-0.05, 0) is 17.7 Å². The fourth-order valence-electron chi connectivity index (χ4n) is 2.34. The van der Waals surface area contributed by atoms with Crippen molar-refractivity contribution in [3.05, 3.63) is 23.8 Å². The number of carboxylic acid groups (broad SMARTS) is 1. The highest BCUT2D eigenvalue weighted by Gasteiger charge is 2.48. The molecule has 10 heteroatoms. The first-order valence-electron chi connectivity index (χ1n) is 7.10. The Bertz CT molecular complexity index is 584. The number of benzene rings is 1. The summed E-state index contributed by atoms with van der Waals surface area (Å²) in [4.78, 5) is 15.6. The smallest absolute Gasteiger partial charge is 0.335 e. The molecule has 5 atom stereocenters. The third kappa shape index (κ3) is 3.75. The molecule has 0 spiro atoms. The van der Waals surface area contributed by atoms with E-state index in [9.17, 15) is 20.1 Å². The molecule has 10 nitrogen and oxygen atoms in total. The normalized spacial score (nSPS) is 30.0. The molecule has 1 heterocycles. The van der Waals surface area contributed by atoms with Crippen LogP contribution in [-0.2, 0) is 21.0 Å². The zero-order valence-electron chi connectivity index (χ0n) is 12.8. The Kier molecular flexibility index (Phi) is 5.94. The van der Waals surface area contributed by atoms with Gasteiger partial charge in [-0.1, -0.05) is 6.07 Å². The van der Waals surface area contributed by atoms with Crippen LogP contribution in [0, 0.1) is 0 Å². The topological polar surface area (TPSA) is 164 Å². The number of ether oxygens (including phenoxy) is 2. The van der Waals surface area contributed by atoms with Crippen molar-refractivity contribution in [2.75, 3.05) is 12.4 Å². The van der Waals surface area contributed by atoms with Crippen LogP contribution in [0.25, 0.3) is 0 Å². The summed E-state index contributed by atoms with van der Waals surface area (Å²) in [5.74, 6) is 3.78. The fraction of sp³-hybridized carbons (Fsp3) is 0.500. The number of carboxylic acids is 1. The maximum Gasteiger partial charge on any atom is 0.335 e. The zero-order chi connectivity index (χ0) is 17.9. The Morgan fingerprint density at radius 1 is 1.29 bits per heavy atom. The molecule has 0 aromatic heterocycles.